The number of hydrogen-bond acceptors (Lipinski definition) is 12. The molecule has 0 saturated carbocycles. The van der Waals surface area contributed by atoms with E-state index in [1.165, 1.54) is 53.0 Å². The molecule has 0 radical (unpaired) electrons. The number of aliphatic carboxylic acids is 1. The normalized spacial score (nSPS) is 10.6. The van der Waals surface area contributed by atoms with Gasteiger partial charge in [0.25, 0.3) is 0 Å². The first kappa shape index (κ1) is 87.9. The molecule has 0 heterocycles. The van der Waals surface area contributed by atoms with E-state index < -0.39 is 11.4 Å². The number of benzene rings is 10. The summed E-state index contributed by atoms with van der Waals surface area (Å²) in [6.07, 6.45) is 20.4. The maximum absolute atomic E-state index is 11.3. The number of carboxylic acid groups (broad SMARTS) is 1. The quantitative estimate of drug-likeness (QED) is 0.0369. The lowest BCUT2D eigenvalue weighted by molar-refractivity contribution is -0.137. The van der Waals surface area contributed by atoms with E-state index in [0.29, 0.717) is 72.5 Å². The zero-order valence-electron chi connectivity index (χ0n) is 66.3. The fraction of sp³-hybridized carbons (Fsp3) is 0.222. The van der Waals surface area contributed by atoms with Crippen LogP contribution in [0.1, 0.15) is 109 Å². The molecule has 11 nitrogen and oxygen atoms in total. The molecule has 1 N–H and O–H groups in total. The van der Waals surface area contributed by atoms with Crippen LogP contribution in [0.25, 0.3) is 12.2 Å². The SMILES string of the molecule is C(=C\c1ccccc1)/COc1ccc(Sc2ccc(OC/C=C/c3ccccc3)cc2)cc1.C=CCOc1ccc(Sc2ccc(OCC=C)cc2)cc1.CC(C)=CCOc1ccc(C(C)(CCC(=O)O)c2ccc(OCC=C(C)C)cc2)cc1.CC(C)=CCOc1ccccc1COCc1ccccc1OCC=C(C)C. The van der Waals surface area contributed by atoms with Crippen molar-refractivity contribution in [1.29, 1.82) is 0 Å². The van der Waals surface area contributed by atoms with Gasteiger partial charge in [-0.2, -0.15) is 0 Å². The average molecular weight is 1540 g/mol. The summed E-state index contributed by atoms with van der Waals surface area (Å²) in [6.45, 7) is 31.1. The number of carbonyl (C=O) groups is 1. The van der Waals surface area contributed by atoms with Gasteiger partial charge < -0.3 is 47.7 Å². The van der Waals surface area contributed by atoms with Gasteiger partial charge in [-0.25, -0.2) is 0 Å². The van der Waals surface area contributed by atoms with Crippen LogP contribution in [0.5, 0.6) is 46.0 Å². The standard InChI is InChI=1S/C30H26O2S.C27H34O4.C24H30O3.C18H18O2S/c1-3-9-25(10-4-1)13-7-23-31-27-15-19-29(20-16-27)33-30-21-17-28(18-22-30)32-24-8-14-26-11-5-2-6-12-26;1-20(2)15-18-30-24-10-6-22(7-11-24)27(5,17-14-26(28)29)23-8-12-25(13-9-23)31-19-16-21(3)4;1-19(2)13-15-26-23-11-7-5-9-21(23)17-25-18-22-10-6-8-12-24(22)27-16-14-20(3)4;1-3-13-19-15-5-9-17(10-6-15)21-18-11-7-16(8-12-18)20-14-4-2/h1-22H,23-24H2;6-13,15-16H,14,17-19H2,1-5H3,(H,28,29);5-14H,15-18H2,1-4H3;3-12H,1-2,13-14H2/b13-7+,14-8+;;;. The third-order valence-electron chi connectivity index (χ3n) is 16.6. The summed E-state index contributed by atoms with van der Waals surface area (Å²) in [6, 6.07) is 84.8. The molecular formula is C99H108O11S2. The summed E-state index contributed by atoms with van der Waals surface area (Å²) < 4.78 is 51.7. The van der Waals surface area contributed by atoms with Crippen molar-refractivity contribution in [1.82, 2.24) is 0 Å². The molecule has 582 valence electrons. The first-order valence-electron chi connectivity index (χ1n) is 37.6. The topological polar surface area (TPSA) is 120 Å². The Morgan fingerprint density at radius 3 is 0.929 bits per heavy atom. The largest absolute Gasteiger partial charge is 0.490 e. The van der Waals surface area contributed by atoms with Gasteiger partial charge in [-0.1, -0.05) is 212 Å². The van der Waals surface area contributed by atoms with Crippen molar-refractivity contribution in [3.8, 4) is 46.0 Å². The van der Waals surface area contributed by atoms with Crippen LogP contribution < -0.4 is 37.9 Å². The van der Waals surface area contributed by atoms with Gasteiger partial charge in [-0.15, -0.1) is 0 Å². The van der Waals surface area contributed by atoms with Crippen molar-refractivity contribution < 1.29 is 52.5 Å². The van der Waals surface area contributed by atoms with Crippen LogP contribution in [-0.4, -0.2) is 63.9 Å². The molecule has 0 spiro atoms. The van der Waals surface area contributed by atoms with Crippen LogP contribution in [0.15, 0.2) is 358 Å². The number of hydrogen-bond donors (Lipinski definition) is 1. The fourth-order valence-electron chi connectivity index (χ4n) is 10.4. The smallest absolute Gasteiger partial charge is 0.303 e. The Morgan fingerprint density at radius 2 is 0.625 bits per heavy atom. The summed E-state index contributed by atoms with van der Waals surface area (Å²) >= 11 is 3.42. The lowest BCUT2D eigenvalue weighted by Gasteiger charge is -2.31. The second-order valence-corrected chi connectivity index (χ2v) is 29.2. The van der Waals surface area contributed by atoms with Crippen molar-refractivity contribution >= 4 is 41.6 Å². The van der Waals surface area contributed by atoms with E-state index in [-0.39, 0.29) is 6.42 Å². The van der Waals surface area contributed by atoms with Gasteiger partial charge >= 0.3 is 5.97 Å². The molecule has 0 unspecified atom stereocenters. The molecule has 0 amide bonds. The molecule has 0 atom stereocenters. The average Bonchev–Trinajstić information content (AvgIpc) is 0.788. The predicted octanol–water partition coefficient (Wildman–Crippen LogP) is 25.6. The zero-order valence-corrected chi connectivity index (χ0v) is 67.9. The molecule has 0 aliphatic heterocycles. The van der Waals surface area contributed by atoms with E-state index in [1.54, 1.807) is 35.7 Å². The molecular weight excluding hydrogens is 1430 g/mol. The number of para-hydroxylation sites is 2. The summed E-state index contributed by atoms with van der Waals surface area (Å²) in [4.78, 5) is 16.0. The number of allylic oxidation sites excluding steroid dienone is 4. The third kappa shape index (κ3) is 34.7. The molecule has 10 rings (SSSR count). The highest BCUT2D eigenvalue weighted by molar-refractivity contribution is 7.99. The lowest BCUT2D eigenvalue weighted by atomic mass is 9.73. The highest BCUT2D eigenvalue weighted by Gasteiger charge is 2.30. The van der Waals surface area contributed by atoms with E-state index in [2.05, 4.69) is 121 Å². The van der Waals surface area contributed by atoms with Crippen molar-refractivity contribution in [3.63, 3.8) is 0 Å². The predicted molar refractivity (Wildman–Crippen MR) is 465 cm³/mol. The van der Waals surface area contributed by atoms with Gasteiger partial charge in [0, 0.05) is 42.5 Å². The van der Waals surface area contributed by atoms with Crippen LogP contribution in [0, 0.1) is 0 Å². The second-order valence-electron chi connectivity index (χ2n) is 26.9. The minimum atomic E-state index is -0.797. The molecule has 0 aliphatic rings. The van der Waals surface area contributed by atoms with Crippen LogP contribution in [-0.2, 0) is 28.2 Å². The van der Waals surface area contributed by atoms with Gasteiger partial charge in [-0.05, 0) is 254 Å². The van der Waals surface area contributed by atoms with Crippen molar-refractivity contribution in [2.45, 2.75) is 113 Å². The number of carboxylic acids is 1. The Bertz CT molecular complexity index is 4270. The van der Waals surface area contributed by atoms with Gasteiger partial charge in [-0.3, -0.25) is 4.79 Å². The Hall–Kier alpha value is -11.4. The monoisotopic (exact) mass is 1540 g/mol. The summed E-state index contributed by atoms with van der Waals surface area (Å²) in [5.41, 5.74) is 11.0. The molecule has 13 heteroatoms. The minimum Gasteiger partial charge on any atom is -0.490 e. The molecule has 0 fully saturated rings. The zero-order chi connectivity index (χ0) is 79.8. The Morgan fingerprint density at radius 1 is 0.348 bits per heavy atom. The highest BCUT2D eigenvalue weighted by Crippen LogP contribution is 2.39. The molecule has 0 bridgehead atoms. The first-order chi connectivity index (χ1) is 54.4. The van der Waals surface area contributed by atoms with Gasteiger partial charge in [0.15, 0.2) is 0 Å². The van der Waals surface area contributed by atoms with Crippen molar-refractivity contribution in [2.75, 3.05) is 52.9 Å². The van der Waals surface area contributed by atoms with Gasteiger partial charge in [0.05, 0.1) is 13.2 Å². The van der Waals surface area contributed by atoms with Crippen LogP contribution in [0.3, 0.4) is 0 Å². The summed E-state index contributed by atoms with van der Waals surface area (Å²) in [5.74, 6) is 5.96. The molecule has 0 aliphatic carbocycles. The fourth-order valence-corrected chi connectivity index (χ4v) is 12.1. The van der Waals surface area contributed by atoms with E-state index in [1.807, 2.05) is 258 Å². The van der Waals surface area contributed by atoms with E-state index in [0.717, 1.165) is 68.2 Å². The maximum atomic E-state index is 11.3. The van der Waals surface area contributed by atoms with E-state index >= 15 is 0 Å². The Labute approximate surface area is 674 Å². The van der Waals surface area contributed by atoms with Crippen LogP contribution in [0.4, 0.5) is 0 Å². The lowest BCUT2D eigenvalue weighted by Crippen LogP contribution is -2.25. The second kappa shape index (κ2) is 50.4. The first-order valence-corrected chi connectivity index (χ1v) is 39.2. The maximum Gasteiger partial charge on any atom is 0.303 e. The molecule has 0 saturated heterocycles. The minimum absolute atomic E-state index is 0.0914. The Balaban J connectivity index is 0.000000210. The van der Waals surface area contributed by atoms with E-state index in [4.69, 9.17) is 42.6 Å². The summed E-state index contributed by atoms with van der Waals surface area (Å²) in [5, 5.41) is 9.29. The van der Waals surface area contributed by atoms with Gasteiger partial charge in [0.2, 0.25) is 0 Å². The molecule has 0 aromatic heterocycles. The van der Waals surface area contributed by atoms with Gasteiger partial charge in [0.1, 0.15) is 98.9 Å². The Kier molecular flexibility index (Phi) is 39.6. The molecule has 112 heavy (non-hydrogen) atoms. The van der Waals surface area contributed by atoms with E-state index in [9.17, 15) is 9.90 Å². The van der Waals surface area contributed by atoms with Crippen molar-refractivity contribution in [2.24, 2.45) is 0 Å². The van der Waals surface area contributed by atoms with Crippen molar-refractivity contribution in [3.05, 3.63) is 372 Å². The molecule has 10 aromatic carbocycles. The van der Waals surface area contributed by atoms with Crippen LogP contribution in [0.2, 0.25) is 0 Å². The summed E-state index contributed by atoms with van der Waals surface area (Å²) in [7, 11) is 0. The molecule has 10 aromatic rings. The number of ether oxygens (including phenoxy) is 9. The third-order valence-corrected chi connectivity index (χ3v) is 18.7. The van der Waals surface area contributed by atoms with Crippen LogP contribution >= 0.6 is 23.5 Å². The highest BCUT2D eigenvalue weighted by atomic mass is 32.2. The number of rotatable bonds is 39.